The van der Waals surface area contributed by atoms with E-state index in [1.54, 1.807) is 36.5 Å². The Morgan fingerprint density at radius 2 is 1.96 bits per heavy atom. The summed E-state index contributed by atoms with van der Waals surface area (Å²) in [7, 11) is 0. The predicted molar refractivity (Wildman–Crippen MR) is 93.1 cm³/mol. The molecule has 0 bridgehead atoms. The Labute approximate surface area is 136 Å². The molecule has 0 spiro atoms. The van der Waals surface area contributed by atoms with Crippen molar-refractivity contribution in [2.45, 2.75) is 0 Å². The maximum absolute atomic E-state index is 12.1. The lowest BCUT2D eigenvalue weighted by Crippen LogP contribution is -2.06. The molecule has 4 rings (SSSR count). The molecule has 4 aromatic rings. The number of aromatic nitrogens is 1. The van der Waals surface area contributed by atoms with Crippen LogP contribution >= 0.6 is 0 Å². The maximum Gasteiger partial charge on any atom is 0.348 e. The minimum atomic E-state index is -0.627. The number of aliphatic imine (C=N–C) groups is 1. The minimum absolute atomic E-state index is 0.0278. The van der Waals surface area contributed by atoms with Crippen molar-refractivity contribution < 1.29 is 9.52 Å². The van der Waals surface area contributed by atoms with Gasteiger partial charge in [0.15, 0.2) is 0 Å². The van der Waals surface area contributed by atoms with Crippen LogP contribution in [0.25, 0.3) is 21.9 Å². The molecule has 24 heavy (non-hydrogen) atoms. The lowest BCUT2D eigenvalue weighted by molar-refractivity contribution is 0.466. The third kappa shape index (κ3) is 2.42. The molecule has 0 saturated carbocycles. The summed E-state index contributed by atoms with van der Waals surface area (Å²) in [5.41, 5.74) is 1.26. The van der Waals surface area contributed by atoms with Gasteiger partial charge in [0.25, 0.3) is 0 Å². The summed E-state index contributed by atoms with van der Waals surface area (Å²) < 4.78 is 5.22. The molecule has 0 radical (unpaired) electrons. The van der Waals surface area contributed by atoms with Gasteiger partial charge in [0, 0.05) is 17.8 Å². The van der Waals surface area contributed by atoms with E-state index in [0.717, 1.165) is 10.9 Å². The summed E-state index contributed by atoms with van der Waals surface area (Å²) in [4.78, 5) is 20.6. The van der Waals surface area contributed by atoms with Gasteiger partial charge in [0.05, 0.1) is 16.6 Å². The molecule has 5 heteroatoms. The fourth-order valence-electron chi connectivity index (χ4n) is 2.54. The number of benzene rings is 2. The zero-order valence-corrected chi connectivity index (χ0v) is 12.5. The van der Waals surface area contributed by atoms with Gasteiger partial charge in [-0.15, -0.1) is 0 Å². The monoisotopic (exact) mass is 316 g/mol. The topological polar surface area (TPSA) is 75.7 Å². The molecular formula is C19H12N2O3. The Morgan fingerprint density at radius 1 is 1.08 bits per heavy atom. The van der Waals surface area contributed by atoms with Gasteiger partial charge in [-0.1, -0.05) is 18.2 Å². The van der Waals surface area contributed by atoms with Crippen molar-refractivity contribution in [1.82, 2.24) is 4.98 Å². The van der Waals surface area contributed by atoms with Crippen LogP contribution in [0, 0.1) is 0 Å². The number of hydrogen-bond donors (Lipinski definition) is 1. The van der Waals surface area contributed by atoms with E-state index in [9.17, 15) is 9.90 Å². The Hall–Kier alpha value is -3.47. The zero-order chi connectivity index (χ0) is 16.5. The number of nitrogens with zero attached hydrogens (tertiary/aromatic N) is 2. The Bertz CT molecular complexity index is 1150. The lowest BCUT2D eigenvalue weighted by atomic mass is 10.1. The molecule has 0 aliphatic heterocycles. The van der Waals surface area contributed by atoms with E-state index < -0.39 is 5.63 Å². The molecule has 2 aromatic heterocycles. The van der Waals surface area contributed by atoms with Crippen molar-refractivity contribution in [3.63, 3.8) is 0 Å². The van der Waals surface area contributed by atoms with E-state index in [0.29, 0.717) is 16.7 Å². The highest BCUT2D eigenvalue weighted by atomic mass is 16.4. The Balaban J connectivity index is 1.80. The first kappa shape index (κ1) is 14.1. The van der Waals surface area contributed by atoms with Gasteiger partial charge in [-0.25, -0.2) is 4.79 Å². The van der Waals surface area contributed by atoms with Crippen molar-refractivity contribution in [2.24, 2.45) is 4.99 Å². The molecule has 0 atom stereocenters. The molecular weight excluding hydrogens is 304 g/mol. The van der Waals surface area contributed by atoms with E-state index >= 15 is 0 Å². The van der Waals surface area contributed by atoms with E-state index in [1.165, 1.54) is 6.21 Å². The molecule has 0 fully saturated rings. The summed E-state index contributed by atoms with van der Waals surface area (Å²) in [6.45, 7) is 0. The van der Waals surface area contributed by atoms with Gasteiger partial charge in [-0.2, -0.15) is 0 Å². The summed E-state index contributed by atoms with van der Waals surface area (Å²) >= 11 is 0. The van der Waals surface area contributed by atoms with Gasteiger partial charge in [0.2, 0.25) is 0 Å². The first-order valence-corrected chi connectivity index (χ1v) is 7.36. The molecule has 0 aliphatic carbocycles. The van der Waals surface area contributed by atoms with Gasteiger partial charge in [-0.05, 0) is 36.4 Å². The van der Waals surface area contributed by atoms with E-state index in [-0.39, 0.29) is 11.3 Å². The molecule has 2 aromatic carbocycles. The maximum atomic E-state index is 12.1. The van der Waals surface area contributed by atoms with E-state index in [2.05, 4.69) is 9.98 Å². The van der Waals surface area contributed by atoms with Crippen molar-refractivity contribution in [3.8, 4) is 5.75 Å². The first-order chi connectivity index (χ1) is 11.7. The third-order valence-electron chi connectivity index (χ3n) is 3.75. The predicted octanol–water partition coefficient (Wildman–Crippen LogP) is 3.80. The van der Waals surface area contributed by atoms with Crippen LogP contribution in [0.15, 0.2) is 75.0 Å². The summed E-state index contributed by atoms with van der Waals surface area (Å²) in [5, 5.41) is 11.7. The van der Waals surface area contributed by atoms with Crippen molar-refractivity contribution in [3.05, 3.63) is 76.8 Å². The summed E-state index contributed by atoms with van der Waals surface area (Å²) in [6.07, 6.45) is 3.05. The molecule has 0 saturated heterocycles. The molecule has 116 valence electrons. The first-order valence-electron chi connectivity index (χ1n) is 7.36. The van der Waals surface area contributed by atoms with Crippen LogP contribution in [0.5, 0.6) is 5.75 Å². The van der Waals surface area contributed by atoms with Crippen molar-refractivity contribution >= 4 is 33.8 Å². The molecule has 2 heterocycles. The highest BCUT2D eigenvalue weighted by Gasteiger charge is 2.11. The summed E-state index contributed by atoms with van der Waals surface area (Å²) in [5.74, 6) is -0.131. The standard InChI is InChI=1S/C19H12N2O3/c22-18-14-5-1-2-6-17(14)24-19(23)15(18)11-21-13-7-8-16-12(10-13)4-3-9-20-16/h1-11,22H. The number of hydrogen-bond acceptors (Lipinski definition) is 5. The van der Waals surface area contributed by atoms with Crippen LogP contribution in [-0.2, 0) is 0 Å². The third-order valence-corrected chi connectivity index (χ3v) is 3.75. The Morgan fingerprint density at radius 3 is 2.88 bits per heavy atom. The second kappa shape index (κ2) is 5.62. The fraction of sp³-hybridized carbons (Fsp3) is 0. The number of fused-ring (bicyclic) bond motifs is 2. The van der Waals surface area contributed by atoms with Gasteiger partial charge >= 0.3 is 5.63 Å². The SMILES string of the molecule is O=c1oc2ccccc2c(O)c1C=Nc1ccc2ncccc2c1. The van der Waals surface area contributed by atoms with Crippen molar-refractivity contribution in [1.29, 1.82) is 0 Å². The normalized spacial score (nSPS) is 11.5. The Kier molecular flexibility index (Phi) is 3.31. The van der Waals surface area contributed by atoms with Gasteiger partial charge in [0.1, 0.15) is 16.9 Å². The van der Waals surface area contributed by atoms with Crippen LogP contribution in [0.3, 0.4) is 0 Å². The molecule has 0 unspecified atom stereocenters. The second-order valence-electron chi connectivity index (χ2n) is 5.29. The quantitative estimate of drug-likeness (QED) is 0.451. The average Bonchev–Trinajstić information content (AvgIpc) is 2.61. The van der Waals surface area contributed by atoms with Crippen LogP contribution < -0.4 is 5.63 Å². The highest BCUT2D eigenvalue weighted by molar-refractivity contribution is 5.94. The zero-order valence-electron chi connectivity index (χ0n) is 12.5. The highest BCUT2D eigenvalue weighted by Crippen LogP contribution is 2.26. The van der Waals surface area contributed by atoms with E-state index in [4.69, 9.17) is 4.42 Å². The van der Waals surface area contributed by atoms with Crippen LogP contribution in [0.1, 0.15) is 5.56 Å². The number of para-hydroxylation sites is 1. The second-order valence-corrected chi connectivity index (χ2v) is 5.29. The van der Waals surface area contributed by atoms with Crippen LogP contribution in [-0.4, -0.2) is 16.3 Å². The number of pyridine rings is 1. The number of aromatic hydroxyl groups is 1. The molecule has 1 N–H and O–H groups in total. The number of rotatable bonds is 2. The average molecular weight is 316 g/mol. The van der Waals surface area contributed by atoms with Crippen LogP contribution in [0.2, 0.25) is 0 Å². The fourth-order valence-corrected chi connectivity index (χ4v) is 2.54. The lowest BCUT2D eigenvalue weighted by Gasteiger charge is -2.02. The van der Waals surface area contributed by atoms with E-state index in [1.807, 2.05) is 24.3 Å². The smallest absolute Gasteiger partial charge is 0.348 e. The molecule has 0 aliphatic rings. The molecule has 5 nitrogen and oxygen atoms in total. The van der Waals surface area contributed by atoms with Gasteiger partial charge < -0.3 is 9.52 Å². The minimum Gasteiger partial charge on any atom is -0.506 e. The van der Waals surface area contributed by atoms with Gasteiger partial charge in [-0.3, -0.25) is 9.98 Å². The molecule has 0 amide bonds. The largest absolute Gasteiger partial charge is 0.506 e. The van der Waals surface area contributed by atoms with Crippen LogP contribution in [0.4, 0.5) is 5.69 Å². The van der Waals surface area contributed by atoms with Crippen molar-refractivity contribution in [2.75, 3.05) is 0 Å². The summed E-state index contributed by atoms with van der Waals surface area (Å²) in [6, 6.07) is 16.1.